The molecule has 0 bridgehead atoms. The Kier molecular flexibility index (Phi) is 5.89. The van der Waals surface area contributed by atoms with Gasteiger partial charge in [0, 0.05) is 30.9 Å². The number of hydrogen-bond donors (Lipinski definition) is 1. The molecule has 0 radical (unpaired) electrons. The summed E-state index contributed by atoms with van der Waals surface area (Å²) < 4.78 is 52.3. The third-order valence-corrected chi connectivity index (χ3v) is 5.49. The maximum Gasteiger partial charge on any atom is 0.417 e. The van der Waals surface area contributed by atoms with E-state index < -0.39 is 11.7 Å². The highest BCUT2D eigenvalue weighted by Gasteiger charge is 2.35. The van der Waals surface area contributed by atoms with Crippen molar-refractivity contribution in [3.63, 3.8) is 0 Å². The largest absolute Gasteiger partial charge is 0.417 e. The average molecular weight is 438 g/mol. The number of halogens is 3. The second-order valence-corrected chi connectivity index (χ2v) is 7.80. The number of hydrogen-bond acceptors (Lipinski definition) is 8. The van der Waals surface area contributed by atoms with E-state index >= 15 is 0 Å². The molecule has 4 rings (SSSR count). The molecule has 2 aliphatic heterocycles. The number of alkyl halides is 3. The topological polar surface area (TPSA) is 89.6 Å². The van der Waals surface area contributed by atoms with Crippen LogP contribution in [0.3, 0.4) is 0 Å². The van der Waals surface area contributed by atoms with Crippen molar-refractivity contribution in [2.24, 2.45) is 0 Å². The van der Waals surface area contributed by atoms with Crippen LogP contribution >= 0.6 is 0 Å². The fraction of sp³-hybridized carbons (Fsp3) is 0.550. The average Bonchev–Trinajstić information content (AvgIpc) is 2.73. The van der Waals surface area contributed by atoms with Crippen molar-refractivity contribution in [3.8, 4) is 11.3 Å². The highest BCUT2D eigenvalue weighted by Crippen LogP contribution is 2.38. The number of morpholine rings is 2. The molecule has 0 saturated carbocycles. The van der Waals surface area contributed by atoms with Crippen LogP contribution in [0.5, 0.6) is 0 Å². The van der Waals surface area contributed by atoms with Crippen molar-refractivity contribution in [1.82, 2.24) is 15.0 Å². The number of pyridine rings is 1. The van der Waals surface area contributed by atoms with E-state index in [1.807, 2.05) is 23.6 Å². The first kappa shape index (κ1) is 21.6. The Morgan fingerprint density at radius 1 is 1.00 bits per heavy atom. The fourth-order valence-corrected chi connectivity index (χ4v) is 3.84. The molecule has 2 aromatic rings. The summed E-state index contributed by atoms with van der Waals surface area (Å²) in [7, 11) is 0. The summed E-state index contributed by atoms with van der Waals surface area (Å²) in [5, 5.41) is 0. The number of nitrogens with two attached hydrogens (primary N) is 1. The summed E-state index contributed by atoms with van der Waals surface area (Å²) in [6, 6.07) is 2.44. The Morgan fingerprint density at radius 3 is 2.26 bits per heavy atom. The number of aromatic nitrogens is 3. The second-order valence-electron chi connectivity index (χ2n) is 7.80. The molecule has 0 unspecified atom stereocenters. The molecule has 8 nitrogen and oxygen atoms in total. The minimum atomic E-state index is -4.60. The van der Waals surface area contributed by atoms with E-state index in [4.69, 9.17) is 20.2 Å². The molecule has 0 amide bonds. The van der Waals surface area contributed by atoms with Crippen molar-refractivity contribution in [2.45, 2.75) is 32.1 Å². The Labute approximate surface area is 178 Å². The zero-order valence-electron chi connectivity index (χ0n) is 17.4. The summed E-state index contributed by atoms with van der Waals surface area (Å²) in [5.74, 6) is 0.723. The van der Waals surface area contributed by atoms with Gasteiger partial charge in [-0.05, 0) is 19.9 Å². The van der Waals surface area contributed by atoms with Crippen LogP contribution in [0.2, 0.25) is 0 Å². The van der Waals surface area contributed by atoms with Crippen LogP contribution in [-0.2, 0) is 15.7 Å². The molecule has 168 valence electrons. The minimum Gasteiger partial charge on any atom is -0.384 e. The first-order valence-corrected chi connectivity index (χ1v) is 10.1. The first-order valence-electron chi connectivity index (χ1n) is 10.1. The Balaban J connectivity index is 1.86. The van der Waals surface area contributed by atoms with Gasteiger partial charge in [0.15, 0.2) is 0 Å². The molecule has 2 aliphatic rings. The molecule has 11 heteroatoms. The number of ether oxygens (including phenoxy) is 2. The van der Waals surface area contributed by atoms with E-state index in [9.17, 15) is 13.2 Å². The van der Waals surface area contributed by atoms with E-state index in [0.29, 0.717) is 51.3 Å². The molecule has 0 spiro atoms. The molecular weight excluding hydrogens is 413 g/mol. The number of nitrogen functional groups attached to an aromatic ring is 1. The quantitative estimate of drug-likeness (QED) is 0.782. The summed E-state index contributed by atoms with van der Waals surface area (Å²) in [5.41, 5.74) is 4.69. The number of nitrogens with zero attached hydrogens (tertiary/aromatic N) is 5. The van der Waals surface area contributed by atoms with Gasteiger partial charge in [-0.2, -0.15) is 18.2 Å². The van der Waals surface area contributed by atoms with Gasteiger partial charge in [-0.25, -0.2) is 9.97 Å². The molecule has 2 N–H and O–H groups in total. The van der Waals surface area contributed by atoms with Gasteiger partial charge in [-0.3, -0.25) is 0 Å². The zero-order chi connectivity index (χ0) is 22.2. The van der Waals surface area contributed by atoms with Gasteiger partial charge >= 0.3 is 6.18 Å². The third kappa shape index (κ3) is 4.52. The lowest BCUT2D eigenvalue weighted by atomic mass is 10.1. The van der Waals surface area contributed by atoms with Crippen molar-refractivity contribution in [3.05, 3.63) is 23.9 Å². The van der Waals surface area contributed by atoms with E-state index in [-0.39, 0.29) is 29.2 Å². The molecule has 31 heavy (non-hydrogen) atoms. The highest BCUT2D eigenvalue weighted by atomic mass is 19.4. The van der Waals surface area contributed by atoms with Gasteiger partial charge in [-0.1, -0.05) is 0 Å². The van der Waals surface area contributed by atoms with Crippen LogP contribution in [0.1, 0.15) is 19.4 Å². The van der Waals surface area contributed by atoms with E-state index in [1.54, 1.807) is 6.07 Å². The lowest BCUT2D eigenvalue weighted by Crippen LogP contribution is -2.46. The SMILES string of the molecule is C[C@@H]1COCCN1c1cc(-c2cnc(N)cc2C(F)(F)F)nc(N2CCOC[C@@H]2C)n1. The maximum absolute atomic E-state index is 13.8. The third-order valence-electron chi connectivity index (χ3n) is 5.49. The first-order chi connectivity index (χ1) is 14.7. The fourth-order valence-electron chi connectivity index (χ4n) is 3.84. The molecule has 2 fully saturated rings. The lowest BCUT2D eigenvalue weighted by molar-refractivity contribution is -0.137. The predicted octanol–water partition coefficient (Wildman–Crippen LogP) is 2.59. The molecule has 2 saturated heterocycles. The van der Waals surface area contributed by atoms with Crippen molar-refractivity contribution in [2.75, 3.05) is 55.1 Å². The van der Waals surface area contributed by atoms with E-state index in [0.717, 1.165) is 12.3 Å². The predicted molar refractivity (Wildman–Crippen MR) is 110 cm³/mol. The van der Waals surface area contributed by atoms with Crippen molar-refractivity contribution < 1.29 is 22.6 Å². The zero-order valence-corrected chi connectivity index (χ0v) is 17.4. The van der Waals surface area contributed by atoms with Crippen LogP contribution in [0.25, 0.3) is 11.3 Å². The van der Waals surface area contributed by atoms with E-state index in [2.05, 4.69) is 9.97 Å². The number of rotatable bonds is 3. The van der Waals surface area contributed by atoms with Gasteiger partial charge in [0.2, 0.25) is 5.95 Å². The second kappa shape index (κ2) is 8.46. The summed E-state index contributed by atoms with van der Waals surface area (Å²) >= 11 is 0. The van der Waals surface area contributed by atoms with Crippen molar-refractivity contribution >= 4 is 17.6 Å². The molecule has 0 aromatic carbocycles. The maximum atomic E-state index is 13.8. The highest BCUT2D eigenvalue weighted by molar-refractivity contribution is 5.69. The van der Waals surface area contributed by atoms with Gasteiger partial charge in [0.25, 0.3) is 0 Å². The number of anilines is 3. The van der Waals surface area contributed by atoms with Gasteiger partial charge in [0.05, 0.1) is 49.8 Å². The molecule has 2 atom stereocenters. The summed E-state index contributed by atoms with van der Waals surface area (Å²) in [6.07, 6.45) is -3.48. The molecule has 4 heterocycles. The lowest BCUT2D eigenvalue weighted by Gasteiger charge is -2.37. The van der Waals surface area contributed by atoms with Gasteiger partial charge < -0.3 is 25.0 Å². The van der Waals surface area contributed by atoms with E-state index in [1.165, 1.54) is 0 Å². The van der Waals surface area contributed by atoms with Crippen LogP contribution in [0.4, 0.5) is 30.8 Å². The standard InChI is InChI=1S/C20H25F3N6O2/c1-12-10-30-5-3-28(12)18-8-16(14-9-25-17(24)7-15(14)20(21,22)23)26-19(27-18)29-4-6-31-11-13(29)2/h7-9,12-13H,3-6,10-11H2,1-2H3,(H2,24,25)/t12-,13+/m1/s1. The van der Waals surface area contributed by atoms with Crippen molar-refractivity contribution in [1.29, 1.82) is 0 Å². The van der Waals surface area contributed by atoms with Gasteiger partial charge in [-0.15, -0.1) is 0 Å². The van der Waals surface area contributed by atoms with Crippen LogP contribution < -0.4 is 15.5 Å². The normalized spacial score (nSPS) is 22.6. The Bertz CT molecular complexity index is 901. The van der Waals surface area contributed by atoms with Gasteiger partial charge in [0.1, 0.15) is 11.6 Å². The smallest absolute Gasteiger partial charge is 0.384 e. The Morgan fingerprint density at radius 2 is 1.65 bits per heavy atom. The monoisotopic (exact) mass is 438 g/mol. The molecule has 0 aliphatic carbocycles. The molecule has 2 aromatic heterocycles. The molecular formula is C20H25F3N6O2. The minimum absolute atomic E-state index is 0.00871. The Hall–Kier alpha value is -2.66. The van der Waals surface area contributed by atoms with Crippen LogP contribution in [0.15, 0.2) is 18.3 Å². The van der Waals surface area contributed by atoms with Crippen LogP contribution in [-0.4, -0.2) is 66.6 Å². The van der Waals surface area contributed by atoms with Crippen LogP contribution in [0, 0.1) is 0 Å². The summed E-state index contributed by atoms with van der Waals surface area (Å²) in [6.45, 7) is 7.12. The summed E-state index contributed by atoms with van der Waals surface area (Å²) in [4.78, 5) is 17.1.